The highest BCUT2D eigenvalue weighted by molar-refractivity contribution is 5.77. The van der Waals surface area contributed by atoms with Crippen molar-refractivity contribution < 1.29 is 4.79 Å². The molecule has 3 rings (SSSR count). The van der Waals surface area contributed by atoms with Crippen LogP contribution < -0.4 is 10.9 Å². The first-order chi connectivity index (χ1) is 13.6. The van der Waals surface area contributed by atoms with Crippen LogP contribution in [0.4, 0.5) is 4.79 Å². The van der Waals surface area contributed by atoms with Crippen LogP contribution in [0.2, 0.25) is 0 Å². The molecule has 2 amide bonds. The number of carbonyl (C=O) groups is 1. The normalized spacial score (nSPS) is 11.9. The zero-order valence-electron chi connectivity index (χ0n) is 16.3. The Morgan fingerprint density at radius 2 is 1.82 bits per heavy atom. The Morgan fingerprint density at radius 1 is 1.11 bits per heavy atom. The van der Waals surface area contributed by atoms with Crippen molar-refractivity contribution in [3.8, 4) is 0 Å². The smallest absolute Gasteiger partial charge is 0.317 e. The minimum atomic E-state index is -0.188. The summed E-state index contributed by atoms with van der Waals surface area (Å²) in [4.78, 5) is 33.8. The molecule has 0 saturated heterocycles. The van der Waals surface area contributed by atoms with Crippen LogP contribution >= 0.6 is 0 Å². The van der Waals surface area contributed by atoms with E-state index in [0.717, 1.165) is 6.42 Å². The lowest BCUT2D eigenvalue weighted by Gasteiger charge is -2.23. The number of aromatic amines is 1. The molecule has 0 spiro atoms. The van der Waals surface area contributed by atoms with Gasteiger partial charge >= 0.3 is 6.03 Å². The molecule has 28 heavy (non-hydrogen) atoms. The molecule has 6 heteroatoms. The van der Waals surface area contributed by atoms with E-state index in [1.807, 2.05) is 37.3 Å². The number of hydrogen-bond acceptors (Lipinski definition) is 3. The second kappa shape index (κ2) is 9.17. The van der Waals surface area contributed by atoms with E-state index in [0.29, 0.717) is 29.8 Å². The van der Waals surface area contributed by atoms with Gasteiger partial charge in [0.15, 0.2) is 0 Å². The van der Waals surface area contributed by atoms with Crippen molar-refractivity contribution in [2.75, 3.05) is 13.1 Å². The first kappa shape index (κ1) is 19.6. The van der Waals surface area contributed by atoms with E-state index in [4.69, 9.17) is 0 Å². The Morgan fingerprint density at radius 3 is 2.54 bits per heavy atom. The number of rotatable bonds is 7. The Labute approximate surface area is 164 Å². The third kappa shape index (κ3) is 4.57. The van der Waals surface area contributed by atoms with Crippen LogP contribution in [-0.4, -0.2) is 34.0 Å². The van der Waals surface area contributed by atoms with Crippen molar-refractivity contribution in [1.29, 1.82) is 0 Å². The first-order valence-electron chi connectivity index (χ1n) is 9.68. The predicted molar refractivity (Wildman–Crippen MR) is 111 cm³/mol. The van der Waals surface area contributed by atoms with E-state index in [2.05, 4.69) is 34.3 Å². The lowest BCUT2D eigenvalue weighted by atomic mass is 9.97. The molecule has 6 nitrogen and oxygen atoms in total. The number of urea groups is 1. The van der Waals surface area contributed by atoms with Gasteiger partial charge in [-0.25, -0.2) is 9.78 Å². The highest BCUT2D eigenvalue weighted by Gasteiger charge is 2.16. The lowest BCUT2D eigenvalue weighted by Crippen LogP contribution is -2.41. The van der Waals surface area contributed by atoms with Crippen LogP contribution in [0.15, 0.2) is 59.4 Å². The van der Waals surface area contributed by atoms with Gasteiger partial charge in [0.2, 0.25) is 0 Å². The number of benzene rings is 2. The van der Waals surface area contributed by atoms with Crippen LogP contribution in [0.5, 0.6) is 0 Å². The molecule has 0 aliphatic carbocycles. The number of aromatic nitrogens is 2. The average molecular weight is 378 g/mol. The molecule has 0 aliphatic heterocycles. The maximum atomic E-state index is 12.7. The van der Waals surface area contributed by atoms with Crippen LogP contribution in [-0.2, 0) is 6.54 Å². The van der Waals surface area contributed by atoms with E-state index >= 15 is 0 Å². The molecule has 0 aliphatic rings. The molecule has 1 atom stereocenters. The molecule has 1 unspecified atom stereocenters. The Hall–Kier alpha value is -3.15. The van der Waals surface area contributed by atoms with Gasteiger partial charge in [0, 0.05) is 19.0 Å². The van der Waals surface area contributed by atoms with Gasteiger partial charge in [-0.15, -0.1) is 0 Å². The second-order valence-corrected chi connectivity index (χ2v) is 6.75. The SMILES string of the molecule is CCC(CNC(=O)N(CC)Cc1nc2ccccc2c(=O)[nH]1)c1ccccc1. The summed E-state index contributed by atoms with van der Waals surface area (Å²) in [5, 5.41) is 3.57. The van der Waals surface area contributed by atoms with E-state index in [-0.39, 0.29) is 24.1 Å². The predicted octanol–water partition coefficient (Wildman–Crippen LogP) is 3.65. The molecule has 0 saturated carbocycles. The van der Waals surface area contributed by atoms with Crippen LogP contribution in [0.3, 0.4) is 0 Å². The fourth-order valence-electron chi connectivity index (χ4n) is 3.26. The van der Waals surface area contributed by atoms with Crippen molar-refractivity contribution in [3.63, 3.8) is 0 Å². The van der Waals surface area contributed by atoms with Crippen molar-refractivity contribution in [1.82, 2.24) is 20.2 Å². The van der Waals surface area contributed by atoms with Gasteiger partial charge < -0.3 is 15.2 Å². The number of carbonyl (C=O) groups excluding carboxylic acids is 1. The maximum absolute atomic E-state index is 12.7. The van der Waals surface area contributed by atoms with E-state index in [9.17, 15) is 9.59 Å². The highest BCUT2D eigenvalue weighted by atomic mass is 16.2. The molecule has 0 fully saturated rings. The average Bonchev–Trinajstić information content (AvgIpc) is 2.73. The van der Waals surface area contributed by atoms with Crippen LogP contribution in [0, 0.1) is 0 Å². The Bertz CT molecular complexity index is 984. The molecule has 1 heterocycles. The summed E-state index contributed by atoms with van der Waals surface area (Å²) in [6.07, 6.45) is 0.940. The number of amides is 2. The second-order valence-electron chi connectivity index (χ2n) is 6.75. The monoisotopic (exact) mass is 378 g/mol. The number of H-pyrrole nitrogens is 1. The number of fused-ring (bicyclic) bond motifs is 1. The Kier molecular flexibility index (Phi) is 6.42. The lowest BCUT2D eigenvalue weighted by molar-refractivity contribution is 0.196. The highest BCUT2D eigenvalue weighted by Crippen LogP contribution is 2.18. The molecule has 146 valence electrons. The fourth-order valence-corrected chi connectivity index (χ4v) is 3.26. The molecular formula is C22H26N4O2. The number of nitrogens with one attached hydrogen (secondary N) is 2. The summed E-state index contributed by atoms with van der Waals surface area (Å²) in [5.41, 5.74) is 1.66. The fraction of sp³-hybridized carbons (Fsp3) is 0.318. The van der Waals surface area contributed by atoms with Crippen molar-refractivity contribution >= 4 is 16.9 Å². The van der Waals surface area contributed by atoms with E-state index in [1.54, 1.807) is 17.0 Å². The minimum Gasteiger partial charge on any atom is -0.337 e. The van der Waals surface area contributed by atoms with Crippen molar-refractivity contribution in [2.24, 2.45) is 0 Å². The summed E-state index contributed by atoms with van der Waals surface area (Å²) < 4.78 is 0. The van der Waals surface area contributed by atoms with Crippen molar-refractivity contribution in [3.05, 3.63) is 76.3 Å². The van der Waals surface area contributed by atoms with E-state index in [1.165, 1.54) is 5.56 Å². The van der Waals surface area contributed by atoms with Gasteiger partial charge in [-0.2, -0.15) is 0 Å². The minimum absolute atomic E-state index is 0.160. The van der Waals surface area contributed by atoms with Crippen LogP contribution in [0.25, 0.3) is 10.9 Å². The quantitative estimate of drug-likeness (QED) is 0.659. The van der Waals surface area contributed by atoms with Gasteiger partial charge in [0.1, 0.15) is 5.82 Å². The third-order valence-electron chi connectivity index (χ3n) is 4.93. The summed E-state index contributed by atoms with van der Waals surface area (Å²) in [6.45, 7) is 5.37. The van der Waals surface area contributed by atoms with Gasteiger partial charge in [-0.1, -0.05) is 49.4 Å². The van der Waals surface area contributed by atoms with Crippen LogP contribution in [0.1, 0.15) is 37.6 Å². The molecule has 2 aromatic carbocycles. The largest absolute Gasteiger partial charge is 0.337 e. The number of hydrogen-bond donors (Lipinski definition) is 2. The van der Waals surface area contributed by atoms with E-state index < -0.39 is 0 Å². The summed E-state index contributed by atoms with van der Waals surface area (Å²) in [7, 11) is 0. The van der Waals surface area contributed by atoms with Gasteiger partial charge in [-0.3, -0.25) is 4.79 Å². The molecule has 3 aromatic rings. The maximum Gasteiger partial charge on any atom is 0.317 e. The summed E-state index contributed by atoms with van der Waals surface area (Å²) >= 11 is 0. The zero-order chi connectivity index (χ0) is 19.9. The third-order valence-corrected chi connectivity index (χ3v) is 4.93. The van der Waals surface area contributed by atoms with Crippen molar-refractivity contribution in [2.45, 2.75) is 32.7 Å². The van der Waals surface area contributed by atoms with Gasteiger partial charge in [0.25, 0.3) is 5.56 Å². The molecule has 1 aromatic heterocycles. The standard InChI is InChI=1S/C22H26N4O2/c1-3-16(17-10-6-5-7-11-17)14-23-22(28)26(4-2)15-20-24-19-13-9-8-12-18(19)21(27)25-20/h5-13,16H,3-4,14-15H2,1-2H3,(H,23,28)(H,24,25,27). The van der Waals surface area contributed by atoms with Gasteiger partial charge in [0.05, 0.1) is 17.4 Å². The summed E-state index contributed by atoms with van der Waals surface area (Å²) in [6, 6.07) is 17.2. The molecular weight excluding hydrogens is 352 g/mol. The molecule has 2 N–H and O–H groups in total. The van der Waals surface area contributed by atoms with Gasteiger partial charge in [-0.05, 0) is 31.0 Å². The molecule has 0 bridgehead atoms. The summed E-state index contributed by atoms with van der Waals surface area (Å²) in [5.74, 6) is 0.748. The zero-order valence-corrected chi connectivity index (χ0v) is 16.3. The topological polar surface area (TPSA) is 78.1 Å². The number of nitrogens with zero attached hydrogens (tertiary/aromatic N) is 2. The Balaban J connectivity index is 1.67. The molecule has 0 radical (unpaired) electrons. The first-order valence-corrected chi connectivity index (χ1v) is 9.68. The number of para-hydroxylation sites is 1.